The molecular formula is C39H50N6O4. The van der Waals surface area contributed by atoms with Crippen LogP contribution in [0.15, 0.2) is 78.9 Å². The van der Waals surface area contributed by atoms with Gasteiger partial charge in [-0.2, -0.15) is 0 Å². The number of amides is 3. The Kier molecular flexibility index (Phi) is 11.9. The van der Waals surface area contributed by atoms with Crippen molar-refractivity contribution in [2.75, 3.05) is 84.4 Å². The summed E-state index contributed by atoms with van der Waals surface area (Å²) in [5.74, 6) is 0.294. The van der Waals surface area contributed by atoms with Gasteiger partial charge in [0.05, 0.1) is 12.2 Å². The molecule has 0 saturated carbocycles. The van der Waals surface area contributed by atoms with Crippen LogP contribution in [0.3, 0.4) is 0 Å². The molecule has 3 aliphatic heterocycles. The number of likely N-dealkylation sites (tertiary alicyclic amines) is 2. The summed E-state index contributed by atoms with van der Waals surface area (Å²) in [6.07, 6.45) is 3.23. The fraction of sp³-hybridized carbons (Fsp3) is 0.462. The minimum Gasteiger partial charge on any atom is -0.446 e. The lowest BCUT2D eigenvalue weighted by Crippen LogP contribution is -2.49. The number of anilines is 1. The Morgan fingerprint density at radius 3 is 2.12 bits per heavy atom. The molecule has 3 aliphatic rings. The highest BCUT2D eigenvalue weighted by atomic mass is 16.6. The van der Waals surface area contributed by atoms with E-state index < -0.39 is 6.09 Å². The van der Waals surface area contributed by atoms with E-state index in [2.05, 4.69) is 32.1 Å². The van der Waals surface area contributed by atoms with Gasteiger partial charge in [0.1, 0.15) is 6.10 Å². The molecular weight excluding hydrogens is 616 g/mol. The summed E-state index contributed by atoms with van der Waals surface area (Å²) in [5, 5.41) is 2.94. The Balaban J connectivity index is 0.874. The Bertz CT molecular complexity index is 1530. The molecule has 3 saturated heterocycles. The van der Waals surface area contributed by atoms with Gasteiger partial charge in [0.2, 0.25) is 5.91 Å². The van der Waals surface area contributed by atoms with Gasteiger partial charge in [-0.15, -0.1) is 0 Å². The minimum absolute atomic E-state index is 0.0218. The third-order valence-corrected chi connectivity index (χ3v) is 10.0. The van der Waals surface area contributed by atoms with Crippen LogP contribution < -0.4 is 5.32 Å². The molecule has 260 valence electrons. The standard InChI is InChI=1S/C39H50N6O4/c1-41(38(47)33-15-13-31(14-16-33)29-43-25-27-44(28-26-43)30-37(46)45-19-7-8-20-45)23-24-42-21-17-34(18-22-42)49-39(48)40-36-12-6-5-11-35(36)32-9-3-2-4-10-32/h2-6,9-16,34H,7-8,17-30H2,1H3,(H,40,48). The molecule has 10 nitrogen and oxygen atoms in total. The minimum atomic E-state index is -0.429. The maximum atomic E-state index is 13.2. The van der Waals surface area contributed by atoms with E-state index in [4.69, 9.17) is 4.74 Å². The van der Waals surface area contributed by atoms with Crippen LogP contribution >= 0.6 is 0 Å². The Morgan fingerprint density at radius 1 is 0.755 bits per heavy atom. The predicted octanol–water partition coefficient (Wildman–Crippen LogP) is 4.88. The molecule has 6 rings (SSSR count). The zero-order valence-electron chi connectivity index (χ0n) is 28.8. The van der Waals surface area contributed by atoms with Gasteiger partial charge in [-0.1, -0.05) is 60.7 Å². The van der Waals surface area contributed by atoms with Gasteiger partial charge in [0.25, 0.3) is 5.91 Å². The van der Waals surface area contributed by atoms with Gasteiger partial charge in [-0.3, -0.25) is 24.7 Å². The van der Waals surface area contributed by atoms with Crippen molar-refractivity contribution in [1.29, 1.82) is 0 Å². The van der Waals surface area contributed by atoms with E-state index in [-0.39, 0.29) is 17.9 Å². The molecule has 0 bridgehead atoms. The zero-order chi connectivity index (χ0) is 34.0. The molecule has 1 N–H and O–H groups in total. The van der Waals surface area contributed by atoms with Gasteiger partial charge in [-0.25, -0.2) is 4.79 Å². The van der Waals surface area contributed by atoms with E-state index in [1.54, 1.807) is 4.90 Å². The van der Waals surface area contributed by atoms with E-state index in [0.717, 1.165) is 108 Å². The number of piperidine rings is 1. The number of rotatable bonds is 11. The second-order valence-electron chi connectivity index (χ2n) is 13.5. The average Bonchev–Trinajstić information content (AvgIpc) is 3.68. The summed E-state index contributed by atoms with van der Waals surface area (Å²) in [6.45, 7) is 9.96. The quantitative estimate of drug-likeness (QED) is 0.312. The van der Waals surface area contributed by atoms with Crippen LogP contribution in [-0.4, -0.2) is 128 Å². The number of carbonyl (C=O) groups is 3. The number of para-hydroxylation sites is 1. The van der Waals surface area contributed by atoms with Crippen LogP contribution in [0.5, 0.6) is 0 Å². The maximum Gasteiger partial charge on any atom is 0.411 e. The number of nitrogens with zero attached hydrogens (tertiary/aromatic N) is 5. The van der Waals surface area contributed by atoms with Crippen molar-refractivity contribution >= 4 is 23.6 Å². The number of ether oxygens (including phenoxy) is 1. The molecule has 0 unspecified atom stereocenters. The first-order valence-corrected chi connectivity index (χ1v) is 17.8. The molecule has 3 aromatic carbocycles. The van der Waals surface area contributed by atoms with E-state index in [1.807, 2.05) is 78.7 Å². The van der Waals surface area contributed by atoms with E-state index in [0.29, 0.717) is 18.7 Å². The molecule has 10 heteroatoms. The second-order valence-corrected chi connectivity index (χ2v) is 13.5. The van der Waals surface area contributed by atoms with Crippen molar-refractivity contribution in [1.82, 2.24) is 24.5 Å². The molecule has 0 aliphatic carbocycles. The van der Waals surface area contributed by atoms with Crippen molar-refractivity contribution in [3.05, 3.63) is 90.0 Å². The topological polar surface area (TPSA) is 88.7 Å². The summed E-state index contributed by atoms with van der Waals surface area (Å²) in [6, 6.07) is 25.7. The summed E-state index contributed by atoms with van der Waals surface area (Å²) < 4.78 is 5.79. The Morgan fingerprint density at radius 2 is 1.41 bits per heavy atom. The van der Waals surface area contributed by atoms with Crippen molar-refractivity contribution < 1.29 is 19.1 Å². The van der Waals surface area contributed by atoms with Gasteiger partial charge < -0.3 is 19.4 Å². The molecule has 49 heavy (non-hydrogen) atoms. The number of likely N-dealkylation sites (N-methyl/N-ethyl adjacent to an activating group) is 1. The first-order chi connectivity index (χ1) is 23.9. The van der Waals surface area contributed by atoms with Crippen LogP contribution in [0.25, 0.3) is 11.1 Å². The molecule has 0 aromatic heterocycles. The van der Waals surface area contributed by atoms with Gasteiger partial charge in [-0.05, 0) is 55.0 Å². The van der Waals surface area contributed by atoms with Crippen LogP contribution in [0.1, 0.15) is 41.6 Å². The fourth-order valence-corrected chi connectivity index (χ4v) is 6.99. The van der Waals surface area contributed by atoms with Crippen LogP contribution in [0, 0.1) is 0 Å². The summed E-state index contributed by atoms with van der Waals surface area (Å²) in [5.41, 5.74) is 4.62. The van der Waals surface area contributed by atoms with Gasteiger partial charge in [0.15, 0.2) is 0 Å². The number of nitrogens with one attached hydrogen (secondary N) is 1. The molecule has 3 aromatic rings. The third-order valence-electron chi connectivity index (χ3n) is 10.0. The lowest BCUT2D eigenvalue weighted by molar-refractivity contribution is -0.131. The molecule has 3 heterocycles. The average molecular weight is 667 g/mol. The number of hydrogen-bond acceptors (Lipinski definition) is 7. The summed E-state index contributed by atoms with van der Waals surface area (Å²) in [7, 11) is 1.86. The Labute approximate surface area is 290 Å². The van der Waals surface area contributed by atoms with Crippen molar-refractivity contribution in [3.63, 3.8) is 0 Å². The SMILES string of the molecule is CN(CCN1CCC(OC(=O)Nc2ccccc2-c2ccccc2)CC1)C(=O)c1ccc(CN2CCN(CC(=O)N3CCCC3)CC2)cc1. The highest BCUT2D eigenvalue weighted by Gasteiger charge is 2.25. The number of hydrogen-bond donors (Lipinski definition) is 1. The third kappa shape index (κ3) is 9.68. The van der Waals surface area contributed by atoms with Crippen LogP contribution in [0.4, 0.5) is 10.5 Å². The van der Waals surface area contributed by atoms with E-state index in [1.165, 1.54) is 5.56 Å². The molecule has 0 radical (unpaired) electrons. The number of benzene rings is 3. The number of carbonyl (C=O) groups excluding carboxylic acids is 3. The number of piperazine rings is 1. The fourth-order valence-electron chi connectivity index (χ4n) is 6.99. The second kappa shape index (κ2) is 16.9. The van der Waals surface area contributed by atoms with Gasteiger partial charge >= 0.3 is 6.09 Å². The molecule has 3 amide bonds. The van der Waals surface area contributed by atoms with Crippen molar-refractivity contribution in [2.45, 2.75) is 38.3 Å². The highest BCUT2D eigenvalue weighted by molar-refractivity contribution is 5.94. The van der Waals surface area contributed by atoms with E-state index in [9.17, 15) is 14.4 Å². The smallest absolute Gasteiger partial charge is 0.411 e. The lowest BCUT2D eigenvalue weighted by Gasteiger charge is -2.35. The first kappa shape index (κ1) is 34.6. The predicted molar refractivity (Wildman–Crippen MR) is 192 cm³/mol. The molecule has 0 atom stereocenters. The van der Waals surface area contributed by atoms with E-state index >= 15 is 0 Å². The Hall–Kier alpha value is -4.25. The van der Waals surface area contributed by atoms with Gasteiger partial charge in [0, 0.05) is 90.2 Å². The van der Waals surface area contributed by atoms with Crippen LogP contribution in [0.2, 0.25) is 0 Å². The van der Waals surface area contributed by atoms with Crippen LogP contribution in [-0.2, 0) is 16.1 Å². The zero-order valence-corrected chi connectivity index (χ0v) is 28.8. The largest absolute Gasteiger partial charge is 0.446 e. The monoisotopic (exact) mass is 666 g/mol. The first-order valence-electron chi connectivity index (χ1n) is 17.8. The van der Waals surface area contributed by atoms with Crippen molar-refractivity contribution in [3.8, 4) is 11.1 Å². The maximum absolute atomic E-state index is 13.2. The summed E-state index contributed by atoms with van der Waals surface area (Å²) >= 11 is 0. The molecule has 3 fully saturated rings. The normalized spacial score (nSPS) is 17.9. The van der Waals surface area contributed by atoms with Crippen molar-refractivity contribution in [2.24, 2.45) is 0 Å². The highest BCUT2D eigenvalue weighted by Crippen LogP contribution is 2.28. The lowest BCUT2D eigenvalue weighted by atomic mass is 10.0. The molecule has 0 spiro atoms. The summed E-state index contributed by atoms with van der Waals surface area (Å²) in [4.78, 5) is 49.3.